The van der Waals surface area contributed by atoms with Gasteiger partial charge in [0.25, 0.3) is 0 Å². The van der Waals surface area contributed by atoms with Crippen molar-refractivity contribution >= 4 is 39.5 Å². The topological polar surface area (TPSA) is 101 Å². The van der Waals surface area contributed by atoms with E-state index < -0.39 is 10.0 Å². The first kappa shape index (κ1) is 17.2. The fraction of sp³-hybridized carbons (Fsp3) is 0.167. The van der Waals surface area contributed by atoms with Gasteiger partial charge in [0.2, 0.25) is 15.9 Å². The number of carbonyl (C=O) groups is 1. The molecule has 130 valence electrons. The van der Waals surface area contributed by atoms with Crippen molar-refractivity contribution < 1.29 is 13.2 Å². The number of rotatable bonds is 3. The lowest BCUT2D eigenvalue weighted by atomic mass is 10.1. The molecule has 6 nitrogen and oxygen atoms in total. The maximum absolute atomic E-state index is 11.9. The minimum absolute atomic E-state index is 0.00694. The molecule has 2 aromatic rings. The third-order valence-electron chi connectivity index (χ3n) is 3.92. The maximum Gasteiger partial charge on any atom is 0.238 e. The summed E-state index contributed by atoms with van der Waals surface area (Å²) in [5.74, 6) is -0.0422. The molecule has 2 aromatic carbocycles. The largest absolute Gasteiger partial charge is 0.380 e. The van der Waals surface area contributed by atoms with Crippen LogP contribution in [-0.4, -0.2) is 20.4 Å². The lowest BCUT2D eigenvalue weighted by molar-refractivity contribution is -0.116. The number of benzene rings is 2. The molecule has 0 aromatic heterocycles. The van der Waals surface area contributed by atoms with Crippen LogP contribution in [0.5, 0.6) is 0 Å². The summed E-state index contributed by atoms with van der Waals surface area (Å²) >= 11 is 0. The lowest BCUT2D eigenvalue weighted by Gasteiger charge is -2.14. The molecule has 0 aliphatic carbocycles. The second-order valence-corrected chi connectivity index (χ2v) is 7.51. The number of nitrogens with two attached hydrogens (primary N) is 1. The minimum Gasteiger partial charge on any atom is -0.380 e. The molecule has 25 heavy (non-hydrogen) atoms. The molecule has 0 fully saturated rings. The van der Waals surface area contributed by atoms with Gasteiger partial charge in [-0.1, -0.05) is 42.5 Å². The Balaban J connectivity index is 2.02. The van der Waals surface area contributed by atoms with Crippen LogP contribution in [0.25, 0.3) is 12.2 Å². The van der Waals surface area contributed by atoms with Gasteiger partial charge < -0.3 is 10.6 Å². The van der Waals surface area contributed by atoms with Crippen LogP contribution < -0.4 is 15.8 Å². The van der Waals surface area contributed by atoms with E-state index >= 15 is 0 Å². The Kier molecular flexibility index (Phi) is 4.61. The highest BCUT2D eigenvalue weighted by molar-refractivity contribution is 7.89. The average molecular weight is 357 g/mol. The zero-order chi connectivity index (χ0) is 18.0. The summed E-state index contributed by atoms with van der Waals surface area (Å²) in [4.78, 5) is 11.9. The first-order chi connectivity index (χ1) is 11.8. The van der Waals surface area contributed by atoms with Crippen LogP contribution >= 0.6 is 0 Å². The number of nitrogens with one attached hydrogen (secondary N) is 2. The quantitative estimate of drug-likeness (QED) is 0.735. The Hall–Kier alpha value is -2.64. The van der Waals surface area contributed by atoms with E-state index in [2.05, 4.69) is 10.6 Å². The molecule has 1 heterocycles. The van der Waals surface area contributed by atoms with Crippen molar-refractivity contribution in [3.05, 3.63) is 53.6 Å². The predicted molar refractivity (Wildman–Crippen MR) is 99.5 cm³/mol. The molecule has 1 atom stereocenters. The van der Waals surface area contributed by atoms with Crippen molar-refractivity contribution in [2.75, 3.05) is 10.6 Å². The number of hydrogen-bond donors (Lipinski definition) is 3. The fourth-order valence-corrected chi connectivity index (χ4v) is 3.54. The Bertz CT molecular complexity index is 952. The third-order valence-corrected chi connectivity index (χ3v) is 4.91. The molecule has 1 aliphatic heterocycles. The second-order valence-electron chi connectivity index (χ2n) is 5.98. The van der Waals surface area contributed by atoms with Gasteiger partial charge in [-0.05, 0) is 30.2 Å². The van der Waals surface area contributed by atoms with Gasteiger partial charge in [-0.15, -0.1) is 0 Å². The molecular formula is C18H19N3O3S. The number of primary sulfonamides is 1. The standard InChI is InChI=1S/C18H19N3O3S/c1-12-11-17(22)21-15-7-4-6-14(18(15)20-12)10-9-13-5-2-3-8-16(13)25(19,23)24/h2-10,12,20H,11H2,1H3,(H,21,22)(H2,19,23,24)/b10-9+/t12-/m0/s1. The summed E-state index contributed by atoms with van der Waals surface area (Å²) in [6.07, 6.45) is 3.89. The first-order valence-electron chi connectivity index (χ1n) is 7.84. The lowest BCUT2D eigenvalue weighted by Crippen LogP contribution is -2.19. The van der Waals surface area contributed by atoms with E-state index in [1.807, 2.05) is 25.1 Å². The van der Waals surface area contributed by atoms with E-state index in [0.717, 1.165) is 11.3 Å². The van der Waals surface area contributed by atoms with Crippen LogP contribution in [0, 0.1) is 0 Å². The number of amides is 1. The van der Waals surface area contributed by atoms with Gasteiger partial charge in [-0.3, -0.25) is 4.79 Å². The zero-order valence-corrected chi connectivity index (χ0v) is 14.5. The van der Waals surface area contributed by atoms with Crippen LogP contribution in [0.15, 0.2) is 47.4 Å². The van der Waals surface area contributed by atoms with Crippen molar-refractivity contribution in [3.8, 4) is 0 Å². The highest BCUT2D eigenvalue weighted by Crippen LogP contribution is 2.31. The van der Waals surface area contributed by atoms with Crippen molar-refractivity contribution in [2.45, 2.75) is 24.3 Å². The molecular weight excluding hydrogens is 338 g/mol. The van der Waals surface area contributed by atoms with Gasteiger partial charge in [0.05, 0.1) is 16.3 Å². The molecule has 3 rings (SSSR count). The molecule has 0 unspecified atom stereocenters. The number of anilines is 2. The first-order valence-corrected chi connectivity index (χ1v) is 9.38. The summed E-state index contributed by atoms with van der Waals surface area (Å²) < 4.78 is 23.4. The maximum atomic E-state index is 11.9. The average Bonchev–Trinajstić information content (AvgIpc) is 2.69. The van der Waals surface area contributed by atoms with Crippen molar-refractivity contribution in [2.24, 2.45) is 5.14 Å². The minimum atomic E-state index is -3.80. The fourth-order valence-electron chi connectivity index (χ4n) is 2.81. The van der Waals surface area contributed by atoms with E-state index in [9.17, 15) is 13.2 Å². The van der Waals surface area contributed by atoms with Crippen molar-refractivity contribution in [3.63, 3.8) is 0 Å². The Morgan fingerprint density at radius 3 is 2.52 bits per heavy atom. The monoisotopic (exact) mass is 357 g/mol. The molecule has 0 bridgehead atoms. The Labute approximate surface area is 146 Å². The molecule has 1 aliphatic rings. The number of fused-ring (bicyclic) bond motifs is 1. The van der Waals surface area contributed by atoms with Gasteiger partial charge in [0.1, 0.15) is 0 Å². The smallest absolute Gasteiger partial charge is 0.238 e. The van der Waals surface area contributed by atoms with Gasteiger partial charge >= 0.3 is 0 Å². The highest BCUT2D eigenvalue weighted by Gasteiger charge is 2.19. The number of carbonyl (C=O) groups excluding carboxylic acids is 1. The van der Waals surface area contributed by atoms with E-state index in [1.54, 1.807) is 30.4 Å². The van der Waals surface area contributed by atoms with E-state index in [4.69, 9.17) is 5.14 Å². The van der Waals surface area contributed by atoms with Gasteiger partial charge in [0.15, 0.2) is 0 Å². The Morgan fingerprint density at radius 1 is 1.08 bits per heavy atom. The molecule has 7 heteroatoms. The molecule has 0 saturated carbocycles. The number of sulfonamides is 1. The zero-order valence-electron chi connectivity index (χ0n) is 13.7. The van der Waals surface area contributed by atoms with Gasteiger partial charge in [0, 0.05) is 12.5 Å². The molecule has 0 spiro atoms. The van der Waals surface area contributed by atoms with Crippen molar-refractivity contribution in [1.29, 1.82) is 0 Å². The van der Waals surface area contributed by atoms with E-state index in [-0.39, 0.29) is 16.8 Å². The summed E-state index contributed by atoms with van der Waals surface area (Å²) in [7, 11) is -3.80. The van der Waals surface area contributed by atoms with Crippen molar-refractivity contribution in [1.82, 2.24) is 0 Å². The summed E-state index contributed by atoms with van der Waals surface area (Å²) in [5, 5.41) is 11.5. The summed E-state index contributed by atoms with van der Waals surface area (Å²) in [5.41, 5.74) is 2.87. The molecule has 0 saturated heterocycles. The summed E-state index contributed by atoms with van der Waals surface area (Å²) in [6.45, 7) is 1.94. The van der Waals surface area contributed by atoms with Crippen LogP contribution in [0.1, 0.15) is 24.5 Å². The van der Waals surface area contributed by atoms with Crippen LogP contribution in [0.4, 0.5) is 11.4 Å². The van der Waals surface area contributed by atoms with E-state index in [1.165, 1.54) is 6.07 Å². The third kappa shape index (κ3) is 3.89. The second kappa shape index (κ2) is 6.70. The molecule has 0 radical (unpaired) electrons. The molecule has 1 amide bonds. The van der Waals surface area contributed by atoms with Gasteiger partial charge in [-0.2, -0.15) is 0 Å². The summed E-state index contributed by atoms with van der Waals surface area (Å²) in [6, 6.07) is 12.1. The van der Waals surface area contributed by atoms with Crippen LogP contribution in [0.3, 0.4) is 0 Å². The molecule has 4 N–H and O–H groups in total. The Morgan fingerprint density at radius 2 is 1.76 bits per heavy atom. The van der Waals surface area contributed by atoms with Gasteiger partial charge in [-0.25, -0.2) is 13.6 Å². The number of hydrogen-bond acceptors (Lipinski definition) is 4. The van der Waals surface area contributed by atoms with Crippen LogP contribution in [-0.2, 0) is 14.8 Å². The predicted octanol–water partition coefficient (Wildman–Crippen LogP) is 2.65. The SMILES string of the molecule is C[C@H]1CC(=O)Nc2cccc(/C=C/c3ccccc3S(N)(=O)=O)c2N1. The van der Waals surface area contributed by atoms with E-state index in [0.29, 0.717) is 17.7 Å². The van der Waals surface area contributed by atoms with Crippen LogP contribution in [0.2, 0.25) is 0 Å². The number of para-hydroxylation sites is 1. The normalized spacial score (nSPS) is 17.5. The highest BCUT2D eigenvalue weighted by atomic mass is 32.2.